The Hall–Kier alpha value is -3.17. The van der Waals surface area contributed by atoms with E-state index in [-0.39, 0.29) is 11.9 Å². The van der Waals surface area contributed by atoms with Crippen LogP contribution in [0.1, 0.15) is 22.0 Å². The fourth-order valence-corrected chi connectivity index (χ4v) is 5.71. The number of benzene rings is 1. The van der Waals surface area contributed by atoms with E-state index in [4.69, 9.17) is 9.47 Å². The Morgan fingerprint density at radius 1 is 1.03 bits per heavy atom. The lowest BCUT2D eigenvalue weighted by atomic mass is 9.90. The van der Waals surface area contributed by atoms with Gasteiger partial charge in [0.05, 0.1) is 26.8 Å². The molecule has 178 valence electrons. The number of rotatable bonds is 6. The van der Waals surface area contributed by atoms with Gasteiger partial charge in [0.25, 0.3) is 0 Å². The summed E-state index contributed by atoms with van der Waals surface area (Å²) in [5.74, 6) is 2.36. The zero-order chi connectivity index (χ0) is 23.5. The van der Waals surface area contributed by atoms with E-state index in [1.807, 2.05) is 11.0 Å². The van der Waals surface area contributed by atoms with Crippen LogP contribution in [0.5, 0.6) is 11.5 Å². The van der Waals surface area contributed by atoms with E-state index in [0.717, 1.165) is 43.5 Å². The minimum atomic E-state index is 0.0199. The Morgan fingerprint density at radius 2 is 1.76 bits per heavy atom. The van der Waals surface area contributed by atoms with E-state index in [1.54, 1.807) is 38.0 Å². The summed E-state index contributed by atoms with van der Waals surface area (Å²) in [6, 6.07) is 10.2. The molecule has 5 rings (SSSR count). The zero-order valence-electron chi connectivity index (χ0n) is 19.5. The third-order valence-corrected chi connectivity index (χ3v) is 7.52. The largest absolute Gasteiger partial charge is 0.493 e. The van der Waals surface area contributed by atoms with Gasteiger partial charge in [-0.1, -0.05) is 6.07 Å². The summed E-state index contributed by atoms with van der Waals surface area (Å²) in [6.07, 6.45) is 4.37. The van der Waals surface area contributed by atoms with Crippen molar-refractivity contribution >= 4 is 23.2 Å². The molecule has 0 radical (unpaired) electrons. The molecule has 2 aromatic heterocycles. The summed E-state index contributed by atoms with van der Waals surface area (Å²) in [6.45, 7) is 4.03. The highest BCUT2D eigenvalue weighted by atomic mass is 32.1. The molecule has 8 nitrogen and oxygen atoms in total. The van der Waals surface area contributed by atoms with Crippen molar-refractivity contribution in [1.29, 1.82) is 0 Å². The Morgan fingerprint density at radius 3 is 2.44 bits per heavy atom. The zero-order valence-corrected chi connectivity index (χ0v) is 20.3. The number of nitrogens with zero attached hydrogens (tertiary/aromatic N) is 5. The molecule has 0 N–H and O–H groups in total. The first kappa shape index (κ1) is 22.6. The van der Waals surface area contributed by atoms with Crippen LogP contribution in [-0.4, -0.2) is 79.2 Å². The van der Waals surface area contributed by atoms with E-state index in [1.165, 1.54) is 16.0 Å². The molecule has 2 aliphatic rings. The maximum absolute atomic E-state index is 13.4. The molecule has 1 amide bonds. The van der Waals surface area contributed by atoms with Gasteiger partial charge in [0.2, 0.25) is 11.9 Å². The van der Waals surface area contributed by atoms with E-state index < -0.39 is 0 Å². The van der Waals surface area contributed by atoms with Crippen LogP contribution in [0.2, 0.25) is 0 Å². The third-order valence-electron chi connectivity index (χ3n) is 6.59. The molecule has 0 saturated carbocycles. The highest BCUT2D eigenvalue weighted by Crippen LogP contribution is 2.42. The Balaban J connectivity index is 1.33. The van der Waals surface area contributed by atoms with Gasteiger partial charge in [0, 0.05) is 50.0 Å². The molecule has 0 aliphatic carbocycles. The minimum absolute atomic E-state index is 0.0199. The van der Waals surface area contributed by atoms with Crippen molar-refractivity contribution in [3.05, 3.63) is 64.1 Å². The Bertz CT molecular complexity index is 1120. The molecule has 1 aromatic carbocycles. The number of hydrogen-bond donors (Lipinski definition) is 0. The summed E-state index contributed by atoms with van der Waals surface area (Å²) in [4.78, 5) is 29.7. The minimum Gasteiger partial charge on any atom is -0.493 e. The lowest BCUT2D eigenvalue weighted by molar-refractivity contribution is -0.133. The predicted octanol–water partition coefficient (Wildman–Crippen LogP) is 2.85. The number of fused-ring (bicyclic) bond motifs is 1. The summed E-state index contributed by atoms with van der Waals surface area (Å²) in [7, 11) is 3.33. The first-order valence-electron chi connectivity index (χ1n) is 11.5. The van der Waals surface area contributed by atoms with Crippen LogP contribution in [0.15, 0.2) is 48.1 Å². The summed E-state index contributed by atoms with van der Waals surface area (Å²) in [5, 5.41) is 2.09. The monoisotopic (exact) mass is 479 g/mol. The fraction of sp³-hybridized carbons (Fsp3) is 0.400. The van der Waals surface area contributed by atoms with Crippen LogP contribution in [0.3, 0.4) is 0 Å². The maximum Gasteiger partial charge on any atom is 0.236 e. The van der Waals surface area contributed by atoms with Gasteiger partial charge >= 0.3 is 0 Å². The van der Waals surface area contributed by atoms with Crippen molar-refractivity contribution in [3.8, 4) is 11.5 Å². The highest BCUT2D eigenvalue weighted by Gasteiger charge is 2.33. The smallest absolute Gasteiger partial charge is 0.236 e. The standard InChI is InChI=1S/C25H29N5O3S/c1-32-20-15-18-6-9-30(24(22-5-3-14-34-22)19(18)16-21(20)33-2)17-23(31)28-10-12-29(13-11-28)25-26-7-4-8-27-25/h3-5,7-8,14-16,24H,6,9-13,17H2,1-2H3/t24-/m0/s1. The number of aromatic nitrogens is 2. The van der Waals surface area contributed by atoms with Crippen LogP contribution in [0.25, 0.3) is 0 Å². The molecule has 0 spiro atoms. The van der Waals surface area contributed by atoms with Crippen LogP contribution in [0.4, 0.5) is 5.95 Å². The molecule has 1 fully saturated rings. The molecule has 34 heavy (non-hydrogen) atoms. The molecule has 3 aromatic rings. The quantitative estimate of drug-likeness (QED) is 0.538. The van der Waals surface area contributed by atoms with E-state index in [9.17, 15) is 4.79 Å². The second-order valence-electron chi connectivity index (χ2n) is 8.46. The molecular formula is C25H29N5O3S. The van der Waals surface area contributed by atoms with Crippen LogP contribution in [0, 0.1) is 0 Å². The van der Waals surface area contributed by atoms with Gasteiger partial charge in [0.15, 0.2) is 11.5 Å². The second-order valence-corrected chi connectivity index (χ2v) is 9.44. The van der Waals surface area contributed by atoms with E-state index in [2.05, 4.69) is 49.4 Å². The number of carbonyl (C=O) groups is 1. The number of hydrogen-bond acceptors (Lipinski definition) is 8. The molecule has 0 bridgehead atoms. The molecule has 9 heteroatoms. The molecular weight excluding hydrogens is 450 g/mol. The highest BCUT2D eigenvalue weighted by molar-refractivity contribution is 7.10. The maximum atomic E-state index is 13.4. The van der Waals surface area contributed by atoms with E-state index in [0.29, 0.717) is 19.6 Å². The lowest BCUT2D eigenvalue weighted by Crippen LogP contribution is -2.52. The second kappa shape index (κ2) is 9.99. The lowest BCUT2D eigenvalue weighted by Gasteiger charge is -2.39. The van der Waals surface area contributed by atoms with Gasteiger partial charge in [-0.05, 0) is 47.2 Å². The first-order chi connectivity index (χ1) is 16.7. The summed E-state index contributed by atoms with van der Waals surface area (Å²) >= 11 is 1.72. The van der Waals surface area contributed by atoms with Crippen LogP contribution in [-0.2, 0) is 11.2 Å². The van der Waals surface area contributed by atoms with Crippen molar-refractivity contribution in [3.63, 3.8) is 0 Å². The van der Waals surface area contributed by atoms with Crippen LogP contribution < -0.4 is 14.4 Å². The van der Waals surface area contributed by atoms with Gasteiger partial charge in [-0.15, -0.1) is 11.3 Å². The fourth-order valence-electron chi connectivity index (χ4n) is 4.83. The van der Waals surface area contributed by atoms with E-state index >= 15 is 0 Å². The van der Waals surface area contributed by atoms with Gasteiger partial charge in [-0.25, -0.2) is 9.97 Å². The number of thiophene rings is 1. The molecule has 2 aliphatic heterocycles. The Labute approximate surface area is 203 Å². The van der Waals surface area contributed by atoms with Crippen molar-refractivity contribution in [2.24, 2.45) is 0 Å². The number of anilines is 1. The summed E-state index contributed by atoms with van der Waals surface area (Å²) in [5.41, 5.74) is 2.43. The topological polar surface area (TPSA) is 71.0 Å². The summed E-state index contributed by atoms with van der Waals surface area (Å²) < 4.78 is 11.1. The first-order valence-corrected chi connectivity index (χ1v) is 12.4. The van der Waals surface area contributed by atoms with Crippen molar-refractivity contribution in [2.75, 3.05) is 58.4 Å². The van der Waals surface area contributed by atoms with Crippen LogP contribution >= 0.6 is 11.3 Å². The van der Waals surface area contributed by atoms with Gasteiger partial charge in [0.1, 0.15) is 0 Å². The number of methoxy groups -OCH3 is 2. The molecule has 1 saturated heterocycles. The van der Waals surface area contributed by atoms with Gasteiger partial charge in [-0.2, -0.15) is 0 Å². The molecule has 4 heterocycles. The van der Waals surface area contributed by atoms with Gasteiger partial charge < -0.3 is 19.3 Å². The average Bonchev–Trinajstić information content (AvgIpc) is 3.43. The molecule has 0 unspecified atom stereocenters. The third kappa shape index (κ3) is 4.45. The number of amides is 1. The number of ether oxygens (including phenoxy) is 2. The van der Waals surface area contributed by atoms with Crippen molar-refractivity contribution in [2.45, 2.75) is 12.5 Å². The number of carbonyl (C=O) groups excluding carboxylic acids is 1. The van der Waals surface area contributed by atoms with Gasteiger partial charge in [-0.3, -0.25) is 9.69 Å². The Kier molecular flexibility index (Phi) is 6.64. The predicted molar refractivity (Wildman–Crippen MR) is 132 cm³/mol. The number of piperazine rings is 1. The molecule has 1 atom stereocenters. The van der Waals surface area contributed by atoms with Crippen molar-refractivity contribution in [1.82, 2.24) is 19.8 Å². The normalized spacial score (nSPS) is 18.5. The van der Waals surface area contributed by atoms with Crippen molar-refractivity contribution < 1.29 is 14.3 Å². The average molecular weight is 480 g/mol. The SMILES string of the molecule is COc1cc2c(cc1OC)[C@@H](c1cccs1)N(CC(=O)N1CCN(c3ncccn3)CC1)CC2.